The van der Waals surface area contributed by atoms with E-state index in [2.05, 4.69) is 10.4 Å². The van der Waals surface area contributed by atoms with Gasteiger partial charge in [-0.15, -0.1) is 0 Å². The van der Waals surface area contributed by atoms with Crippen molar-refractivity contribution in [1.82, 2.24) is 24.4 Å². The summed E-state index contributed by atoms with van der Waals surface area (Å²) in [5, 5.41) is 17.7. The molecule has 0 bridgehead atoms. The van der Waals surface area contributed by atoms with E-state index in [9.17, 15) is 19.5 Å². The van der Waals surface area contributed by atoms with Crippen LogP contribution in [0.3, 0.4) is 0 Å². The summed E-state index contributed by atoms with van der Waals surface area (Å²) in [6.07, 6.45) is 7.83. The predicted octanol–water partition coefficient (Wildman–Crippen LogP) is 1.40. The molecule has 178 valence electrons. The predicted molar refractivity (Wildman–Crippen MR) is 122 cm³/mol. The van der Waals surface area contributed by atoms with Gasteiger partial charge in [0.15, 0.2) is 5.56 Å². The summed E-state index contributed by atoms with van der Waals surface area (Å²) < 4.78 is 8.01. The summed E-state index contributed by atoms with van der Waals surface area (Å²) in [7, 11) is 1.77. The number of amides is 2. The van der Waals surface area contributed by atoms with Gasteiger partial charge in [-0.2, -0.15) is 9.61 Å². The van der Waals surface area contributed by atoms with Crippen molar-refractivity contribution in [1.29, 1.82) is 0 Å². The molecule has 2 aliphatic rings. The minimum absolute atomic E-state index is 0.0420. The molecule has 0 unspecified atom stereocenters. The number of likely N-dealkylation sites (N-methyl/N-ethyl adjacent to an activating group) is 1. The van der Waals surface area contributed by atoms with Gasteiger partial charge in [0.2, 0.25) is 11.8 Å². The summed E-state index contributed by atoms with van der Waals surface area (Å²) in [4.78, 5) is 40.4. The van der Waals surface area contributed by atoms with Gasteiger partial charge in [0.1, 0.15) is 5.65 Å². The fourth-order valence-electron chi connectivity index (χ4n) is 4.08. The molecule has 2 N–H and O–H groups in total. The minimum Gasteiger partial charge on any atom is -0.492 e. The summed E-state index contributed by atoms with van der Waals surface area (Å²) in [6.45, 7) is 5.51. The topological polar surface area (TPSA) is 118 Å². The van der Waals surface area contributed by atoms with Crippen LogP contribution in [0.2, 0.25) is 0 Å². The lowest BCUT2D eigenvalue weighted by molar-refractivity contribution is -0.128. The van der Waals surface area contributed by atoms with Crippen LogP contribution in [0.25, 0.3) is 11.7 Å². The quantitative estimate of drug-likeness (QED) is 0.607. The molecule has 0 atom stereocenters. The van der Waals surface area contributed by atoms with Gasteiger partial charge < -0.3 is 20.1 Å². The zero-order valence-corrected chi connectivity index (χ0v) is 19.3. The Labute approximate surface area is 191 Å². The molecule has 2 aromatic rings. The molecule has 3 heterocycles. The van der Waals surface area contributed by atoms with Gasteiger partial charge in [-0.25, -0.2) is 0 Å². The number of rotatable bonds is 7. The van der Waals surface area contributed by atoms with Crippen LogP contribution >= 0.6 is 0 Å². The van der Waals surface area contributed by atoms with Crippen LogP contribution in [0.4, 0.5) is 0 Å². The summed E-state index contributed by atoms with van der Waals surface area (Å²) in [6, 6.07) is 0.163. The number of carbonyl (C=O) groups excluding carboxylic acids is 2. The van der Waals surface area contributed by atoms with Crippen molar-refractivity contribution in [2.24, 2.45) is 5.92 Å². The fraction of sp³-hybridized carbons (Fsp3) is 0.565. The average Bonchev–Trinajstić information content (AvgIpc) is 3.50. The highest BCUT2D eigenvalue weighted by Gasteiger charge is 2.30. The molecule has 10 heteroatoms. The molecule has 10 nitrogen and oxygen atoms in total. The fourth-order valence-corrected chi connectivity index (χ4v) is 4.08. The van der Waals surface area contributed by atoms with E-state index in [4.69, 9.17) is 4.74 Å². The van der Waals surface area contributed by atoms with E-state index in [1.807, 2.05) is 13.8 Å². The number of nitrogens with one attached hydrogen (secondary N) is 1. The molecule has 2 amide bonds. The average molecular weight is 458 g/mol. The monoisotopic (exact) mass is 457 g/mol. The number of fused-ring (bicyclic) bond motifs is 1. The first kappa shape index (κ1) is 23.0. The molecule has 0 spiro atoms. The summed E-state index contributed by atoms with van der Waals surface area (Å²) >= 11 is 0. The van der Waals surface area contributed by atoms with Crippen LogP contribution in [0.5, 0.6) is 5.88 Å². The lowest BCUT2D eigenvalue weighted by atomic mass is 10.1. The second kappa shape index (κ2) is 9.38. The maximum atomic E-state index is 13.3. The Hall–Kier alpha value is -3.14. The maximum absolute atomic E-state index is 13.3. The lowest BCUT2D eigenvalue weighted by Crippen LogP contribution is -2.39. The Kier molecular flexibility index (Phi) is 6.55. The van der Waals surface area contributed by atoms with E-state index in [1.165, 1.54) is 21.4 Å². The van der Waals surface area contributed by atoms with Crippen molar-refractivity contribution >= 4 is 23.5 Å². The number of aromatic nitrogens is 3. The van der Waals surface area contributed by atoms with Gasteiger partial charge in [-0.1, -0.05) is 13.8 Å². The molecule has 2 fully saturated rings. The van der Waals surface area contributed by atoms with Crippen molar-refractivity contribution in [2.45, 2.75) is 58.2 Å². The zero-order chi connectivity index (χ0) is 23.7. The van der Waals surface area contributed by atoms with Crippen molar-refractivity contribution in [3.05, 3.63) is 33.8 Å². The molecular weight excluding hydrogens is 426 g/mol. The van der Waals surface area contributed by atoms with Gasteiger partial charge in [0.25, 0.3) is 11.5 Å². The van der Waals surface area contributed by atoms with Crippen molar-refractivity contribution in [2.75, 3.05) is 20.3 Å². The molecule has 0 radical (unpaired) electrons. The molecule has 1 saturated heterocycles. The van der Waals surface area contributed by atoms with E-state index in [-0.39, 0.29) is 29.5 Å². The zero-order valence-electron chi connectivity index (χ0n) is 19.3. The lowest BCUT2D eigenvalue weighted by Gasteiger charge is -2.30. The van der Waals surface area contributed by atoms with Gasteiger partial charge in [-0.05, 0) is 37.7 Å². The molecule has 1 aliphatic heterocycles. The van der Waals surface area contributed by atoms with Crippen LogP contribution in [-0.4, -0.2) is 68.3 Å². The third-order valence-corrected chi connectivity index (χ3v) is 6.09. The van der Waals surface area contributed by atoms with Gasteiger partial charge in [0, 0.05) is 50.5 Å². The van der Waals surface area contributed by atoms with Crippen molar-refractivity contribution in [3.63, 3.8) is 0 Å². The van der Waals surface area contributed by atoms with E-state index < -0.39 is 17.3 Å². The first-order valence-electron chi connectivity index (χ1n) is 11.4. The maximum Gasteiger partial charge on any atom is 0.270 e. The second-order valence-electron chi connectivity index (χ2n) is 9.22. The standard InChI is InChI=1S/C23H31N5O5/c1-14(2)13-27-21-15(4-7-18(29)26(3)17-8-10-33-11-9-17)12-24-28(21)23(32)19(22(27)31)20(30)25-16-5-6-16/h4,7,12,14,16-17,32H,5-6,8-11,13H2,1-3H3,(H,25,30). The van der Waals surface area contributed by atoms with Gasteiger partial charge >= 0.3 is 0 Å². The normalized spacial score (nSPS) is 17.2. The van der Waals surface area contributed by atoms with Crippen LogP contribution in [0, 0.1) is 5.92 Å². The smallest absolute Gasteiger partial charge is 0.270 e. The van der Waals surface area contributed by atoms with E-state index in [1.54, 1.807) is 18.0 Å². The number of aromatic hydroxyl groups is 1. The molecule has 1 saturated carbocycles. The molecule has 1 aliphatic carbocycles. The Balaban J connectivity index is 1.70. The van der Waals surface area contributed by atoms with Crippen LogP contribution in [0.15, 0.2) is 17.1 Å². The molecular formula is C23H31N5O5. The SMILES string of the molecule is CC(C)Cn1c(=O)c(C(=O)NC2CC2)c(O)n2ncc(C=CC(=O)N(C)C3CCOCC3)c12. The van der Waals surface area contributed by atoms with E-state index in [0.717, 1.165) is 25.7 Å². The van der Waals surface area contributed by atoms with Crippen LogP contribution in [-0.2, 0) is 16.1 Å². The Bertz CT molecular complexity index is 1140. The Morgan fingerprint density at radius 1 is 1.30 bits per heavy atom. The second-order valence-corrected chi connectivity index (χ2v) is 9.22. The van der Waals surface area contributed by atoms with Gasteiger partial charge in [0.05, 0.1) is 6.20 Å². The third kappa shape index (κ3) is 4.80. The largest absolute Gasteiger partial charge is 0.492 e. The number of hydrogen-bond donors (Lipinski definition) is 2. The highest BCUT2D eigenvalue weighted by atomic mass is 16.5. The summed E-state index contributed by atoms with van der Waals surface area (Å²) in [5.41, 5.74) is -0.0467. The molecule has 2 aromatic heterocycles. The number of nitrogens with zero attached hydrogens (tertiary/aromatic N) is 4. The van der Waals surface area contributed by atoms with Crippen molar-refractivity contribution in [3.8, 4) is 5.88 Å². The first-order chi connectivity index (χ1) is 15.8. The highest BCUT2D eigenvalue weighted by molar-refractivity contribution is 5.97. The van der Waals surface area contributed by atoms with Crippen LogP contribution < -0.4 is 10.9 Å². The molecule has 0 aromatic carbocycles. The van der Waals surface area contributed by atoms with Crippen molar-refractivity contribution < 1.29 is 19.4 Å². The Morgan fingerprint density at radius 3 is 2.64 bits per heavy atom. The van der Waals surface area contributed by atoms with E-state index in [0.29, 0.717) is 31.0 Å². The first-order valence-corrected chi connectivity index (χ1v) is 11.4. The summed E-state index contributed by atoms with van der Waals surface area (Å²) in [5.74, 6) is -1.16. The number of carbonyl (C=O) groups is 2. The van der Waals surface area contributed by atoms with E-state index >= 15 is 0 Å². The Morgan fingerprint density at radius 2 is 2.00 bits per heavy atom. The van der Waals surface area contributed by atoms with Crippen LogP contribution in [0.1, 0.15) is 55.5 Å². The molecule has 4 rings (SSSR count). The highest BCUT2D eigenvalue weighted by Crippen LogP contribution is 2.24. The van der Waals surface area contributed by atoms with Gasteiger partial charge in [-0.3, -0.25) is 19.0 Å². The minimum atomic E-state index is -0.597. The number of ether oxygens (including phenoxy) is 1. The third-order valence-electron chi connectivity index (χ3n) is 6.09. The molecule has 33 heavy (non-hydrogen) atoms. The number of hydrogen-bond acceptors (Lipinski definition) is 6.